The van der Waals surface area contributed by atoms with Crippen LogP contribution in [0.15, 0.2) is 29.4 Å². The molecule has 2 atom stereocenters. The quantitative estimate of drug-likeness (QED) is 0.491. The summed E-state index contributed by atoms with van der Waals surface area (Å²) in [5.41, 5.74) is 8.82. The molecule has 0 aromatic heterocycles. The average molecular weight is 304 g/mol. The molecular weight excluding hydrogens is 288 g/mol. The van der Waals surface area contributed by atoms with Crippen molar-refractivity contribution in [1.29, 1.82) is 0 Å². The van der Waals surface area contributed by atoms with Crippen molar-refractivity contribution in [1.82, 2.24) is 4.90 Å². The van der Waals surface area contributed by atoms with Crippen LogP contribution in [0.2, 0.25) is 0 Å². The van der Waals surface area contributed by atoms with Crippen LogP contribution in [0, 0.1) is 5.92 Å². The van der Waals surface area contributed by atoms with E-state index in [1.165, 1.54) is 12.0 Å². The summed E-state index contributed by atoms with van der Waals surface area (Å²) in [6.07, 6.45) is 0.187. The highest BCUT2D eigenvalue weighted by Crippen LogP contribution is 2.30. The molecule has 1 aromatic carbocycles. The van der Waals surface area contributed by atoms with Gasteiger partial charge in [0.05, 0.1) is 7.11 Å². The predicted molar refractivity (Wildman–Crippen MR) is 77.2 cm³/mol. The van der Waals surface area contributed by atoms with E-state index in [4.69, 9.17) is 10.3 Å². The number of carboxylic acid groups (broad SMARTS) is 1. The van der Waals surface area contributed by atoms with Gasteiger partial charge in [0, 0.05) is 24.4 Å². The summed E-state index contributed by atoms with van der Waals surface area (Å²) in [4.78, 5) is 27.7. The number of carbonyl (C=O) groups is 2. The van der Waals surface area contributed by atoms with Gasteiger partial charge in [-0.05, 0) is 29.1 Å². The third-order valence-electron chi connectivity index (χ3n) is 3.60. The van der Waals surface area contributed by atoms with Crippen LogP contribution in [0.4, 0.5) is 0 Å². The lowest BCUT2D eigenvalue weighted by atomic mass is 10.1. The standard InChI is InChI=1S/C14H16N4O4/c1-22-11-4-2-3-10(6-11)13(14(20)21)18-8-9(5-12(18)19)7-16-17-15/h2-4,6,9,13H,5,7-8H2,1H3,(H,20,21). The Balaban J connectivity index is 2.26. The van der Waals surface area contributed by atoms with Crippen molar-refractivity contribution in [2.45, 2.75) is 12.5 Å². The van der Waals surface area contributed by atoms with Gasteiger partial charge in [0.2, 0.25) is 5.91 Å². The van der Waals surface area contributed by atoms with Crippen molar-refractivity contribution in [3.05, 3.63) is 40.3 Å². The summed E-state index contributed by atoms with van der Waals surface area (Å²) in [5.74, 6) is -0.990. The van der Waals surface area contributed by atoms with Crippen molar-refractivity contribution in [2.75, 3.05) is 20.2 Å². The molecule has 1 aromatic rings. The van der Waals surface area contributed by atoms with Crippen LogP contribution < -0.4 is 4.74 Å². The molecule has 8 heteroatoms. The SMILES string of the molecule is COc1cccc(C(C(=O)O)N2CC(CN=[N+]=[N-])CC2=O)c1. The van der Waals surface area contributed by atoms with Crippen LogP contribution in [0.1, 0.15) is 18.0 Å². The maximum Gasteiger partial charge on any atom is 0.331 e. The van der Waals surface area contributed by atoms with Crippen molar-refractivity contribution in [2.24, 2.45) is 11.0 Å². The number of rotatable bonds is 6. The lowest BCUT2D eigenvalue weighted by Crippen LogP contribution is -2.35. The first-order chi connectivity index (χ1) is 10.6. The number of aliphatic carboxylic acids is 1. The van der Waals surface area contributed by atoms with E-state index < -0.39 is 12.0 Å². The van der Waals surface area contributed by atoms with Crippen molar-refractivity contribution < 1.29 is 19.4 Å². The molecule has 1 aliphatic rings. The van der Waals surface area contributed by atoms with Crippen molar-refractivity contribution in [3.63, 3.8) is 0 Å². The molecule has 1 N–H and O–H groups in total. The van der Waals surface area contributed by atoms with Crippen molar-refractivity contribution in [3.8, 4) is 5.75 Å². The minimum atomic E-state index is -1.11. The Labute approximate surface area is 126 Å². The van der Waals surface area contributed by atoms with Gasteiger partial charge in [-0.1, -0.05) is 17.2 Å². The monoisotopic (exact) mass is 304 g/mol. The first-order valence-corrected chi connectivity index (χ1v) is 6.74. The van der Waals surface area contributed by atoms with Gasteiger partial charge in [0.25, 0.3) is 0 Å². The number of benzene rings is 1. The second kappa shape index (κ2) is 6.82. The number of methoxy groups -OCH3 is 1. The second-order valence-corrected chi connectivity index (χ2v) is 5.05. The van der Waals surface area contributed by atoms with Crippen LogP contribution in [0.25, 0.3) is 10.4 Å². The molecule has 0 bridgehead atoms. The van der Waals surface area contributed by atoms with Gasteiger partial charge >= 0.3 is 5.97 Å². The summed E-state index contributed by atoms with van der Waals surface area (Å²) in [6, 6.07) is 5.57. The van der Waals surface area contributed by atoms with E-state index in [-0.39, 0.29) is 31.3 Å². The molecule has 0 spiro atoms. The molecule has 1 fully saturated rings. The zero-order valence-corrected chi connectivity index (χ0v) is 12.0. The molecule has 8 nitrogen and oxygen atoms in total. The summed E-state index contributed by atoms with van der Waals surface area (Å²) in [5, 5.41) is 13.0. The lowest BCUT2D eigenvalue weighted by Gasteiger charge is -2.25. The summed E-state index contributed by atoms with van der Waals surface area (Å²) >= 11 is 0. The zero-order chi connectivity index (χ0) is 16.1. The Morgan fingerprint density at radius 3 is 3.05 bits per heavy atom. The lowest BCUT2D eigenvalue weighted by molar-refractivity contribution is -0.148. The first kappa shape index (κ1) is 15.7. The summed E-state index contributed by atoms with van der Waals surface area (Å²) in [6.45, 7) is 0.440. The van der Waals surface area contributed by atoms with Crippen LogP contribution in [-0.2, 0) is 9.59 Å². The van der Waals surface area contributed by atoms with E-state index in [9.17, 15) is 14.7 Å². The number of likely N-dealkylation sites (tertiary alicyclic amines) is 1. The number of hydrogen-bond acceptors (Lipinski definition) is 4. The minimum absolute atomic E-state index is 0.157. The number of hydrogen-bond donors (Lipinski definition) is 1. The largest absolute Gasteiger partial charge is 0.497 e. The van der Waals surface area contributed by atoms with E-state index >= 15 is 0 Å². The van der Waals surface area contributed by atoms with Gasteiger partial charge in [-0.3, -0.25) is 4.79 Å². The Morgan fingerprint density at radius 1 is 1.64 bits per heavy atom. The fourth-order valence-corrected chi connectivity index (χ4v) is 2.60. The fourth-order valence-electron chi connectivity index (χ4n) is 2.60. The van der Waals surface area contributed by atoms with E-state index in [1.807, 2.05) is 0 Å². The van der Waals surface area contributed by atoms with Gasteiger partial charge in [-0.2, -0.15) is 0 Å². The first-order valence-electron chi connectivity index (χ1n) is 6.74. The maximum atomic E-state index is 12.1. The van der Waals surface area contributed by atoms with Gasteiger partial charge in [0.15, 0.2) is 6.04 Å². The molecule has 0 radical (unpaired) electrons. The van der Waals surface area contributed by atoms with E-state index in [0.717, 1.165) is 0 Å². The Bertz CT molecular complexity index is 627. The molecule has 0 saturated carbocycles. The van der Waals surface area contributed by atoms with Crippen LogP contribution in [0.5, 0.6) is 5.75 Å². The van der Waals surface area contributed by atoms with Gasteiger partial charge in [0.1, 0.15) is 5.75 Å². The third kappa shape index (κ3) is 3.29. The van der Waals surface area contributed by atoms with E-state index in [0.29, 0.717) is 11.3 Å². The molecule has 1 aliphatic heterocycles. The number of ether oxygens (including phenoxy) is 1. The van der Waals surface area contributed by atoms with E-state index in [1.54, 1.807) is 24.3 Å². The highest BCUT2D eigenvalue weighted by molar-refractivity contribution is 5.86. The Kier molecular flexibility index (Phi) is 4.85. The number of carbonyl (C=O) groups excluding carboxylic acids is 1. The molecule has 0 aliphatic carbocycles. The molecule has 1 saturated heterocycles. The zero-order valence-electron chi connectivity index (χ0n) is 12.0. The van der Waals surface area contributed by atoms with Crippen LogP contribution in [0.3, 0.4) is 0 Å². The highest BCUT2D eigenvalue weighted by Gasteiger charge is 2.38. The Hall–Kier alpha value is -2.73. The maximum absolute atomic E-state index is 12.1. The molecule has 1 amide bonds. The van der Waals surface area contributed by atoms with Crippen molar-refractivity contribution >= 4 is 11.9 Å². The minimum Gasteiger partial charge on any atom is -0.497 e. The molecule has 1 heterocycles. The Morgan fingerprint density at radius 2 is 2.41 bits per heavy atom. The fraction of sp³-hybridized carbons (Fsp3) is 0.429. The summed E-state index contributed by atoms with van der Waals surface area (Å²) in [7, 11) is 1.49. The number of amides is 1. The smallest absolute Gasteiger partial charge is 0.331 e. The predicted octanol–water partition coefficient (Wildman–Crippen LogP) is 1.98. The van der Waals surface area contributed by atoms with E-state index in [2.05, 4.69) is 10.0 Å². The highest BCUT2D eigenvalue weighted by atomic mass is 16.5. The van der Waals surface area contributed by atoms with Crippen LogP contribution in [-0.4, -0.2) is 42.1 Å². The molecule has 2 unspecified atom stereocenters. The van der Waals surface area contributed by atoms with Gasteiger partial charge in [-0.15, -0.1) is 0 Å². The number of azide groups is 1. The number of carboxylic acids is 1. The average Bonchev–Trinajstić information content (AvgIpc) is 2.86. The van der Waals surface area contributed by atoms with Gasteiger partial charge < -0.3 is 14.7 Å². The molecule has 116 valence electrons. The second-order valence-electron chi connectivity index (χ2n) is 5.05. The summed E-state index contributed by atoms with van der Waals surface area (Å²) < 4.78 is 5.10. The van der Waals surface area contributed by atoms with Crippen LogP contribution >= 0.6 is 0 Å². The molecule has 22 heavy (non-hydrogen) atoms. The normalized spacial score (nSPS) is 18.7. The third-order valence-corrected chi connectivity index (χ3v) is 3.60. The topological polar surface area (TPSA) is 116 Å². The molecular formula is C14H16N4O4. The molecule has 2 rings (SSSR count). The van der Waals surface area contributed by atoms with Gasteiger partial charge in [-0.25, -0.2) is 4.79 Å². The number of nitrogens with zero attached hydrogens (tertiary/aromatic N) is 4.